The number of unbranched alkanes of at least 4 members (excludes halogenated alkanes) is 1. The fourth-order valence-corrected chi connectivity index (χ4v) is 5.07. The Morgan fingerprint density at radius 1 is 1.11 bits per heavy atom. The fraction of sp³-hybridized carbons (Fsp3) is 0.517. The number of amides is 2. The second-order valence-electron chi connectivity index (χ2n) is 10.0. The molecule has 1 unspecified atom stereocenters. The summed E-state index contributed by atoms with van der Waals surface area (Å²) >= 11 is 6.22. The van der Waals surface area contributed by atoms with Gasteiger partial charge in [0.15, 0.2) is 5.92 Å². The van der Waals surface area contributed by atoms with E-state index in [1.165, 1.54) is 21.9 Å². The van der Waals surface area contributed by atoms with Crippen LogP contribution in [0.3, 0.4) is 0 Å². The van der Waals surface area contributed by atoms with Crippen LogP contribution in [0.5, 0.6) is 5.75 Å². The van der Waals surface area contributed by atoms with E-state index in [1.54, 1.807) is 44.4 Å². The summed E-state index contributed by atoms with van der Waals surface area (Å²) in [6.45, 7) is 3.06. The highest BCUT2D eigenvalue weighted by Gasteiger charge is 2.48. The molecule has 1 aliphatic heterocycles. The second-order valence-corrected chi connectivity index (χ2v) is 10.4. The summed E-state index contributed by atoms with van der Waals surface area (Å²) in [5.41, 5.74) is 1.22. The molecule has 3 rings (SSSR count). The zero-order chi connectivity index (χ0) is 27.9. The Kier molecular flexibility index (Phi) is 10.5. The first-order valence-corrected chi connectivity index (χ1v) is 13.5. The molecule has 38 heavy (non-hydrogen) atoms. The zero-order valence-electron chi connectivity index (χ0n) is 22.2. The van der Waals surface area contributed by atoms with E-state index < -0.39 is 18.0 Å². The van der Waals surface area contributed by atoms with Crippen LogP contribution in [0, 0.1) is 5.92 Å². The average molecular weight is 553 g/mol. The molecule has 1 fully saturated rings. The van der Waals surface area contributed by atoms with Crippen molar-refractivity contribution in [2.45, 2.75) is 57.5 Å². The van der Waals surface area contributed by atoms with E-state index in [2.05, 4.69) is 0 Å². The minimum Gasteiger partial charge on any atom is -0.494 e. The lowest BCUT2D eigenvalue weighted by Crippen LogP contribution is -2.44. The number of hydrogen-bond donors (Lipinski definition) is 0. The summed E-state index contributed by atoms with van der Waals surface area (Å²) in [4.78, 5) is 27.9. The predicted molar refractivity (Wildman–Crippen MR) is 143 cm³/mol. The summed E-state index contributed by atoms with van der Waals surface area (Å²) < 4.78 is 47.5. The SMILES string of the molecule is CCc1cccc(C(C(=O)N2CCC(CCCCOc3ccc(C(=O)N(C)C)c(Cl)c3)CC2)C(F)(F)F)c1. The molecule has 1 heterocycles. The van der Waals surface area contributed by atoms with Gasteiger partial charge in [-0.15, -0.1) is 0 Å². The van der Waals surface area contributed by atoms with Crippen molar-refractivity contribution in [3.05, 3.63) is 64.2 Å². The molecule has 0 saturated carbocycles. The first-order valence-electron chi connectivity index (χ1n) is 13.1. The van der Waals surface area contributed by atoms with E-state index in [1.807, 2.05) is 6.92 Å². The maximum absolute atomic E-state index is 13.9. The van der Waals surface area contributed by atoms with Gasteiger partial charge in [-0.1, -0.05) is 49.2 Å². The van der Waals surface area contributed by atoms with Crippen LogP contribution in [0.25, 0.3) is 0 Å². The number of aryl methyl sites for hydroxylation is 1. The van der Waals surface area contributed by atoms with Crippen molar-refractivity contribution in [2.75, 3.05) is 33.8 Å². The Morgan fingerprint density at radius 2 is 1.82 bits per heavy atom. The second kappa shape index (κ2) is 13.4. The van der Waals surface area contributed by atoms with Crippen molar-refractivity contribution in [3.63, 3.8) is 0 Å². The Morgan fingerprint density at radius 3 is 2.42 bits per heavy atom. The van der Waals surface area contributed by atoms with E-state index in [0.29, 0.717) is 61.2 Å². The normalized spacial score (nSPS) is 15.3. The lowest BCUT2D eigenvalue weighted by atomic mass is 9.89. The molecule has 0 aliphatic carbocycles. The van der Waals surface area contributed by atoms with Gasteiger partial charge >= 0.3 is 6.18 Å². The summed E-state index contributed by atoms with van der Waals surface area (Å²) in [5.74, 6) is -2.17. The van der Waals surface area contributed by atoms with Crippen LogP contribution in [0.4, 0.5) is 13.2 Å². The molecular weight excluding hydrogens is 517 g/mol. The Balaban J connectivity index is 1.43. The number of alkyl halides is 3. The van der Waals surface area contributed by atoms with Crippen molar-refractivity contribution in [1.82, 2.24) is 9.80 Å². The average Bonchev–Trinajstić information content (AvgIpc) is 2.88. The van der Waals surface area contributed by atoms with Gasteiger partial charge in [-0.3, -0.25) is 9.59 Å². The fourth-order valence-electron chi connectivity index (χ4n) is 4.81. The highest BCUT2D eigenvalue weighted by atomic mass is 35.5. The Bertz CT molecular complexity index is 1100. The minimum atomic E-state index is -4.63. The number of ether oxygens (including phenoxy) is 1. The summed E-state index contributed by atoms with van der Waals surface area (Å²) in [5, 5.41) is 0.341. The van der Waals surface area contributed by atoms with Gasteiger partial charge in [0.05, 0.1) is 17.2 Å². The van der Waals surface area contributed by atoms with Crippen molar-refractivity contribution in [1.29, 1.82) is 0 Å². The van der Waals surface area contributed by atoms with Crippen LogP contribution in [0.2, 0.25) is 5.02 Å². The maximum Gasteiger partial charge on any atom is 0.404 e. The van der Waals surface area contributed by atoms with Gasteiger partial charge in [-0.2, -0.15) is 13.2 Å². The van der Waals surface area contributed by atoms with Gasteiger partial charge < -0.3 is 14.5 Å². The number of halogens is 4. The lowest BCUT2D eigenvalue weighted by molar-refractivity contribution is -0.172. The maximum atomic E-state index is 13.9. The molecule has 0 N–H and O–H groups in total. The molecule has 0 bridgehead atoms. The van der Waals surface area contributed by atoms with E-state index in [-0.39, 0.29) is 11.5 Å². The molecular formula is C29H36ClF3N2O3. The number of rotatable bonds is 10. The first-order chi connectivity index (χ1) is 18.0. The van der Waals surface area contributed by atoms with Gasteiger partial charge in [0.1, 0.15) is 5.75 Å². The molecule has 208 valence electrons. The number of carbonyl (C=O) groups is 2. The summed E-state index contributed by atoms with van der Waals surface area (Å²) in [6.07, 6.45) is 0.0428. The molecule has 1 aliphatic rings. The van der Waals surface area contributed by atoms with Gasteiger partial charge in [0.25, 0.3) is 5.91 Å². The number of likely N-dealkylation sites (tertiary alicyclic amines) is 1. The standard InChI is InChI=1S/C29H36ClF3N2O3/c1-4-20-9-7-10-22(18-20)26(29(31,32)33)28(37)35-15-13-21(14-16-35)8-5-6-17-38-23-11-12-24(25(30)19-23)27(36)34(2)3/h7,9-12,18-19,21,26H,4-6,8,13-17H2,1-3H3. The summed E-state index contributed by atoms with van der Waals surface area (Å²) in [6, 6.07) is 11.3. The molecule has 2 aromatic carbocycles. The predicted octanol–water partition coefficient (Wildman–Crippen LogP) is 6.74. The monoisotopic (exact) mass is 552 g/mol. The van der Waals surface area contributed by atoms with Crippen LogP contribution < -0.4 is 4.74 Å². The largest absolute Gasteiger partial charge is 0.494 e. The summed E-state index contributed by atoms with van der Waals surface area (Å²) in [7, 11) is 3.33. The third kappa shape index (κ3) is 7.88. The topological polar surface area (TPSA) is 49.9 Å². The van der Waals surface area contributed by atoms with E-state index >= 15 is 0 Å². The van der Waals surface area contributed by atoms with Gasteiger partial charge in [0.2, 0.25) is 5.91 Å². The smallest absolute Gasteiger partial charge is 0.404 e. The number of carbonyl (C=O) groups excluding carboxylic acids is 2. The van der Waals surface area contributed by atoms with Gasteiger partial charge in [-0.05, 0) is 67.3 Å². The Hall–Kier alpha value is -2.74. The molecule has 2 aromatic rings. The number of hydrogen-bond acceptors (Lipinski definition) is 3. The van der Waals surface area contributed by atoms with Gasteiger partial charge in [0, 0.05) is 27.2 Å². The number of benzene rings is 2. The van der Waals surface area contributed by atoms with Crippen LogP contribution in [0.15, 0.2) is 42.5 Å². The Labute approximate surface area is 227 Å². The van der Waals surface area contributed by atoms with Crippen LogP contribution >= 0.6 is 11.6 Å². The number of piperidine rings is 1. The van der Waals surface area contributed by atoms with Crippen LogP contribution in [-0.2, 0) is 11.2 Å². The molecule has 9 heteroatoms. The molecule has 0 radical (unpaired) electrons. The van der Waals surface area contributed by atoms with E-state index in [9.17, 15) is 22.8 Å². The van der Waals surface area contributed by atoms with Crippen molar-refractivity contribution in [2.24, 2.45) is 5.92 Å². The molecule has 0 spiro atoms. The first kappa shape index (κ1) is 29.8. The molecule has 5 nitrogen and oxygen atoms in total. The third-order valence-electron chi connectivity index (χ3n) is 7.05. The quantitative estimate of drug-likeness (QED) is 0.307. The van der Waals surface area contributed by atoms with Crippen LogP contribution in [0.1, 0.15) is 66.4 Å². The van der Waals surface area contributed by atoms with E-state index in [0.717, 1.165) is 24.8 Å². The van der Waals surface area contributed by atoms with Crippen molar-refractivity contribution >= 4 is 23.4 Å². The van der Waals surface area contributed by atoms with Crippen molar-refractivity contribution < 1.29 is 27.5 Å². The molecule has 0 aromatic heterocycles. The highest BCUT2D eigenvalue weighted by Crippen LogP contribution is 2.38. The zero-order valence-corrected chi connectivity index (χ0v) is 22.9. The van der Waals surface area contributed by atoms with E-state index in [4.69, 9.17) is 16.3 Å². The number of nitrogens with zero attached hydrogens (tertiary/aromatic N) is 2. The molecule has 1 saturated heterocycles. The van der Waals surface area contributed by atoms with Gasteiger partial charge in [-0.25, -0.2) is 0 Å². The van der Waals surface area contributed by atoms with Crippen molar-refractivity contribution in [3.8, 4) is 5.75 Å². The lowest BCUT2D eigenvalue weighted by Gasteiger charge is -2.35. The van der Waals surface area contributed by atoms with Crippen LogP contribution in [-0.4, -0.2) is 61.6 Å². The molecule has 2 amide bonds. The third-order valence-corrected chi connectivity index (χ3v) is 7.36. The highest BCUT2D eigenvalue weighted by molar-refractivity contribution is 6.34. The minimum absolute atomic E-state index is 0.0178. The molecule has 1 atom stereocenters.